The topological polar surface area (TPSA) is 59.6 Å². The SMILES string of the molecule is CC[C@H](NC(=O)N[C@@H](CC)c1ccc(OC)cc1)c1ccc(OC)cc1. The van der Waals surface area contributed by atoms with Crippen LogP contribution in [-0.4, -0.2) is 20.3 Å². The van der Waals surface area contributed by atoms with Gasteiger partial charge in [0.05, 0.1) is 26.3 Å². The molecular formula is C21H28N2O3. The van der Waals surface area contributed by atoms with Crippen molar-refractivity contribution in [1.29, 1.82) is 0 Å². The van der Waals surface area contributed by atoms with Gasteiger partial charge in [0.1, 0.15) is 11.5 Å². The molecule has 2 aromatic carbocycles. The Bertz CT molecular complexity index is 624. The molecule has 0 unspecified atom stereocenters. The minimum absolute atomic E-state index is 0.0470. The second-order valence-electron chi connectivity index (χ2n) is 6.09. The van der Waals surface area contributed by atoms with Crippen LogP contribution in [0.3, 0.4) is 0 Å². The van der Waals surface area contributed by atoms with Gasteiger partial charge in [-0.3, -0.25) is 0 Å². The summed E-state index contributed by atoms with van der Waals surface area (Å²) in [4.78, 5) is 12.5. The van der Waals surface area contributed by atoms with Crippen molar-refractivity contribution in [3.05, 3.63) is 59.7 Å². The van der Waals surface area contributed by atoms with E-state index in [1.165, 1.54) is 0 Å². The zero-order valence-electron chi connectivity index (χ0n) is 15.9. The first-order valence-corrected chi connectivity index (χ1v) is 8.96. The summed E-state index contributed by atoms with van der Waals surface area (Å²) in [5, 5.41) is 6.12. The van der Waals surface area contributed by atoms with Gasteiger partial charge in [-0.05, 0) is 48.2 Å². The lowest BCUT2D eigenvalue weighted by Crippen LogP contribution is -2.39. The van der Waals surface area contributed by atoms with Crippen LogP contribution in [0.1, 0.15) is 49.9 Å². The zero-order chi connectivity index (χ0) is 18.9. The molecule has 0 radical (unpaired) electrons. The van der Waals surface area contributed by atoms with Crippen LogP contribution in [0.4, 0.5) is 4.79 Å². The zero-order valence-corrected chi connectivity index (χ0v) is 15.9. The molecule has 2 rings (SSSR count). The number of carbonyl (C=O) groups is 1. The molecule has 0 fully saturated rings. The molecule has 0 spiro atoms. The summed E-state index contributed by atoms with van der Waals surface area (Å²) in [6, 6.07) is 15.3. The molecule has 0 aliphatic carbocycles. The number of carbonyl (C=O) groups excluding carboxylic acids is 1. The largest absolute Gasteiger partial charge is 0.497 e. The minimum Gasteiger partial charge on any atom is -0.497 e. The number of amides is 2. The van der Waals surface area contributed by atoms with Gasteiger partial charge >= 0.3 is 6.03 Å². The molecule has 0 heterocycles. The number of benzene rings is 2. The van der Waals surface area contributed by atoms with Crippen molar-refractivity contribution in [2.75, 3.05) is 14.2 Å². The van der Waals surface area contributed by atoms with Crippen LogP contribution in [0.5, 0.6) is 11.5 Å². The van der Waals surface area contributed by atoms with Crippen molar-refractivity contribution in [2.24, 2.45) is 0 Å². The van der Waals surface area contributed by atoms with Gasteiger partial charge in [-0.15, -0.1) is 0 Å². The maximum Gasteiger partial charge on any atom is 0.315 e. The van der Waals surface area contributed by atoms with Crippen LogP contribution in [0.2, 0.25) is 0 Å². The van der Waals surface area contributed by atoms with E-state index in [2.05, 4.69) is 24.5 Å². The Morgan fingerprint density at radius 1 is 0.769 bits per heavy atom. The molecule has 26 heavy (non-hydrogen) atoms. The van der Waals surface area contributed by atoms with Crippen LogP contribution >= 0.6 is 0 Å². The lowest BCUT2D eigenvalue weighted by atomic mass is 10.0. The van der Waals surface area contributed by atoms with E-state index in [0.29, 0.717) is 0 Å². The van der Waals surface area contributed by atoms with Crippen LogP contribution in [0, 0.1) is 0 Å². The average molecular weight is 356 g/mol. The Morgan fingerprint density at radius 2 is 1.12 bits per heavy atom. The predicted octanol–water partition coefficient (Wildman–Crippen LogP) is 4.61. The fourth-order valence-electron chi connectivity index (χ4n) is 2.87. The molecule has 2 amide bonds. The second-order valence-corrected chi connectivity index (χ2v) is 6.09. The van der Waals surface area contributed by atoms with Crippen LogP contribution < -0.4 is 20.1 Å². The van der Waals surface area contributed by atoms with Crippen LogP contribution in [0.15, 0.2) is 48.5 Å². The molecule has 5 nitrogen and oxygen atoms in total. The fraction of sp³-hybridized carbons (Fsp3) is 0.381. The number of hydrogen-bond donors (Lipinski definition) is 2. The highest BCUT2D eigenvalue weighted by molar-refractivity contribution is 5.75. The third-order valence-electron chi connectivity index (χ3n) is 4.46. The first-order chi connectivity index (χ1) is 12.6. The monoisotopic (exact) mass is 356 g/mol. The van der Waals surface area contributed by atoms with E-state index >= 15 is 0 Å². The molecule has 0 aliphatic rings. The van der Waals surface area contributed by atoms with Crippen LogP contribution in [0.25, 0.3) is 0 Å². The molecule has 0 saturated heterocycles. The Balaban J connectivity index is 2.01. The van der Waals surface area contributed by atoms with Crippen molar-refractivity contribution < 1.29 is 14.3 Å². The molecular weight excluding hydrogens is 328 g/mol. The van der Waals surface area contributed by atoms with Crippen LogP contribution in [-0.2, 0) is 0 Å². The van der Waals surface area contributed by atoms with E-state index in [0.717, 1.165) is 35.5 Å². The summed E-state index contributed by atoms with van der Waals surface area (Å²) in [7, 11) is 3.28. The van der Waals surface area contributed by atoms with Gasteiger partial charge in [-0.2, -0.15) is 0 Å². The smallest absolute Gasteiger partial charge is 0.315 e. The molecule has 0 saturated carbocycles. The minimum atomic E-state index is -0.171. The number of nitrogens with one attached hydrogen (secondary N) is 2. The van der Waals surface area contributed by atoms with Gasteiger partial charge in [0.15, 0.2) is 0 Å². The molecule has 0 aromatic heterocycles. The first kappa shape index (κ1) is 19.6. The summed E-state index contributed by atoms with van der Waals surface area (Å²) in [6.45, 7) is 4.10. The predicted molar refractivity (Wildman–Crippen MR) is 104 cm³/mol. The van der Waals surface area contributed by atoms with Crippen molar-refractivity contribution in [2.45, 2.75) is 38.8 Å². The van der Waals surface area contributed by atoms with E-state index in [4.69, 9.17) is 9.47 Å². The summed E-state index contributed by atoms with van der Waals surface area (Å²) >= 11 is 0. The molecule has 140 valence electrons. The second kappa shape index (κ2) is 9.70. The maximum atomic E-state index is 12.5. The lowest BCUT2D eigenvalue weighted by molar-refractivity contribution is 0.232. The Labute approximate surface area is 155 Å². The standard InChI is InChI=1S/C21H28N2O3/c1-5-19(15-7-11-17(25-3)12-8-15)22-21(24)23-20(6-2)16-9-13-18(26-4)14-10-16/h7-14,19-20H,5-6H2,1-4H3,(H2,22,23,24)/t19-,20-/m0/s1. The third kappa shape index (κ3) is 5.15. The Hall–Kier alpha value is -2.69. The summed E-state index contributed by atoms with van der Waals surface area (Å²) < 4.78 is 10.4. The molecule has 0 aliphatic heterocycles. The average Bonchev–Trinajstić information content (AvgIpc) is 2.70. The normalized spacial score (nSPS) is 12.8. The molecule has 2 atom stereocenters. The molecule has 0 bridgehead atoms. The number of methoxy groups -OCH3 is 2. The lowest BCUT2D eigenvalue weighted by Gasteiger charge is -2.22. The third-order valence-corrected chi connectivity index (χ3v) is 4.46. The number of ether oxygens (including phenoxy) is 2. The van der Waals surface area contributed by atoms with E-state index in [1.807, 2.05) is 48.5 Å². The fourth-order valence-corrected chi connectivity index (χ4v) is 2.87. The number of rotatable bonds is 8. The van der Waals surface area contributed by atoms with E-state index < -0.39 is 0 Å². The van der Waals surface area contributed by atoms with Crippen molar-refractivity contribution in [1.82, 2.24) is 10.6 Å². The Morgan fingerprint density at radius 3 is 1.38 bits per heavy atom. The maximum absolute atomic E-state index is 12.5. The summed E-state index contributed by atoms with van der Waals surface area (Å²) in [5.41, 5.74) is 2.11. The highest BCUT2D eigenvalue weighted by atomic mass is 16.5. The van der Waals surface area contributed by atoms with Gasteiger partial charge in [0.2, 0.25) is 0 Å². The van der Waals surface area contributed by atoms with Crippen molar-refractivity contribution in [3.8, 4) is 11.5 Å². The van der Waals surface area contributed by atoms with E-state index in [-0.39, 0.29) is 18.1 Å². The molecule has 2 N–H and O–H groups in total. The molecule has 2 aromatic rings. The first-order valence-electron chi connectivity index (χ1n) is 8.96. The van der Waals surface area contributed by atoms with Gasteiger partial charge in [-0.1, -0.05) is 38.1 Å². The molecule has 5 heteroatoms. The number of urea groups is 1. The van der Waals surface area contributed by atoms with E-state index in [1.54, 1.807) is 14.2 Å². The van der Waals surface area contributed by atoms with Gasteiger partial charge in [0.25, 0.3) is 0 Å². The van der Waals surface area contributed by atoms with Crippen molar-refractivity contribution >= 4 is 6.03 Å². The van der Waals surface area contributed by atoms with E-state index in [9.17, 15) is 4.79 Å². The number of hydrogen-bond acceptors (Lipinski definition) is 3. The van der Waals surface area contributed by atoms with Gasteiger partial charge < -0.3 is 20.1 Å². The highest BCUT2D eigenvalue weighted by Crippen LogP contribution is 2.22. The highest BCUT2D eigenvalue weighted by Gasteiger charge is 2.16. The summed E-state index contributed by atoms with van der Waals surface area (Å²) in [6.07, 6.45) is 1.61. The quantitative estimate of drug-likeness (QED) is 0.726. The summed E-state index contributed by atoms with van der Waals surface area (Å²) in [5.74, 6) is 1.61. The van der Waals surface area contributed by atoms with Crippen molar-refractivity contribution in [3.63, 3.8) is 0 Å². The van der Waals surface area contributed by atoms with Gasteiger partial charge in [0, 0.05) is 0 Å². The Kier molecular flexibility index (Phi) is 7.33. The van der Waals surface area contributed by atoms with Gasteiger partial charge in [-0.25, -0.2) is 4.79 Å².